The van der Waals surface area contributed by atoms with Crippen molar-refractivity contribution < 1.29 is 13.9 Å². The Balaban J connectivity index is 1.44. The number of hydrogen-bond donors (Lipinski definition) is 1. The van der Waals surface area contributed by atoms with Crippen LogP contribution >= 0.6 is 11.3 Å². The third kappa shape index (κ3) is 2.60. The van der Waals surface area contributed by atoms with E-state index in [1.807, 2.05) is 24.3 Å². The van der Waals surface area contributed by atoms with Gasteiger partial charge in [0.25, 0.3) is 5.89 Å². The average molecular weight is 316 g/mol. The quantitative estimate of drug-likeness (QED) is 0.792. The molecule has 7 nitrogen and oxygen atoms in total. The van der Waals surface area contributed by atoms with E-state index < -0.39 is 6.10 Å². The van der Waals surface area contributed by atoms with E-state index in [1.54, 1.807) is 23.0 Å². The van der Waals surface area contributed by atoms with Crippen LogP contribution in [0.5, 0.6) is 11.5 Å². The molecule has 0 amide bonds. The first-order valence-electron chi connectivity index (χ1n) is 6.71. The van der Waals surface area contributed by atoms with Crippen molar-refractivity contribution in [2.24, 2.45) is 0 Å². The highest BCUT2D eigenvalue weighted by Crippen LogP contribution is 2.35. The Morgan fingerprint density at radius 3 is 3.00 bits per heavy atom. The SMILES string of the molecule is c1ccc2c(c1)OCC(c1nnc(NCc3cncs3)o1)O2. The highest BCUT2D eigenvalue weighted by molar-refractivity contribution is 7.09. The summed E-state index contributed by atoms with van der Waals surface area (Å²) in [4.78, 5) is 5.10. The lowest BCUT2D eigenvalue weighted by Gasteiger charge is -2.23. The van der Waals surface area contributed by atoms with Gasteiger partial charge in [0.05, 0.1) is 12.1 Å². The molecule has 22 heavy (non-hydrogen) atoms. The van der Waals surface area contributed by atoms with Gasteiger partial charge in [-0.3, -0.25) is 4.98 Å². The highest BCUT2D eigenvalue weighted by Gasteiger charge is 2.27. The van der Waals surface area contributed by atoms with Crippen LogP contribution in [0.2, 0.25) is 0 Å². The number of thiazole rings is 1. The van der Waals surface area contributed by atoms with Crippen LogP contribution in [-0.4, -0.2) is 21.8 Å². The van der Waals surface area contributed by atoms with Gasteiger partial charge in [0, 0.05) is 11.1 Å². The molecule has 0 bridgehead atoms. The number of benzene rings is 1. The molecule has 1 N–H and O–H groups in total. The zero-order chi connectivity index (χ0) is 14.8. The Morgan fingerprint density at radius 2 is 2.14 bits per heavy atom. The molecule has 8 heteroatoms. The third-order valence-corrected chi connectivity index (χ3v) is 3.90. The number of anilines is 1. The first-order chi connectivity index (χ1) is 10.9. The topological polar surface area (TPSA) is 82.3 Å². The molecule has 0 saturated heterocycles. The summed E-state index contributed by atoms with van der Waals surface area (Å²) in [5, 5.41) is 11.0. The lowest BCUT2D eigenvalue weighted by atomic mass is 10.2. The van der Waals surface area contributed by atoms with Crippen LogP contribution in [0.1, 0.15) is 16.9 Å². The average Bonchev–Trinajstić information content (AvgIpc) is 3.24. The Hall–Kier alpha value is -2.61. The van der Waals surface area contributed by atoms with E-state index in [2.05, 4.69) is 20.5 Å². The minimum absolute atomic E-state index is 0.341. The minimum Gasteiger partial charge on any atom is -0.485 e. The molecule has 0 fully saturated rings. The minimum atomic E-state index is -0.402. The zero-order valence-electron chi connectivity index (χ0n) is 11.4. The van der Waals surface area contributed by atoms with Gasteiger partial charge in [-0.25, -0.2) is 0 Å². The molecule has 2 aromatic heterocycles. The summed E-state index contributed by atoms with van der Waals surface area (Å²) >= 11 is 1.56. The lowest BCUT2D eigenvalue weighted by Crippen LogP contribution is -2.21. The normalized spacial score (nSPS) is 16.5. The molecule has 112 valence electrons. The van der Waals surface area contributed by atoms with Crippen molar-refractivity contribution in [1.82, 2.24) is 15.2 Å². The third-order valence-electron chi connectivity index (χ3n) is 3.12. The fraction of sp³-hybridized carbons (Fsp3) is 0.214. The van der Waals surface area contributed by atoms with Gasteiger partial charge in [-0.15, -0.1) is 16.4 Å². The molecule has 0 aliphatic carbocycles. The van der Waals surface area contributed by atoms with Gasteiger partial charge in [0.1, 0.15) is 6.61 Å². The highest BCUT2D eigenvalue weighted by atomic mass is 32.1. The second-order valence-corrected chi connectivity index (χ2v) is 5.60. The smallest absolute Gasteiger partial charge is 0.315 e. The van der Waals surface area contributed by atoms with Crippen LogP contribution in [-0.2, 0) is 6.54 Å². The van der Waals surface area contributed by atoms with Crippen molar-refractivity contribution in [3.8, 4) is 11.5 Å². The standard InChI is InChI=1S/C14H12N4O3S/c1-2-4-11-10(3-1)19-7-12(20-11)13-17-18-14(21-13)16-6-9-5-15-8-22-9/h1-5,8,12H,6-7H2,(H,16,18). The first kappa shape index (κ1) is 13.1. The molecular weight excluding hydrogens is 304 g/mol. The van der Waals surface area contributed by atoms with E-state index in [-0.39, 0.29) is 0 Å². The monoisotopic (exact) mass is 316 g/mol. The molecule has 3 aromatic rings. The predicted octanol–water partition coefficient (Wildman–Crippen LogP) is 2.65. The summed E-state index contributed by atoms with van der Waals surface area (Å²) in [6.07, 6.45) is 1.39. The maximum atomic E-state index is 5.82. The van der Waals surface area contributed by atoms with Crippen molar-refractivity contribution in [2.45, 2.75) is 12.6 Å². The number of ether oxygens (including phenoxy) is 2. The number of aromatic nitrogens is 3. The van der Waals surface area contributed by atoms with Gasteiger partial charge in [-0.05, 0) is 12.1 Å². The second kappa shape index (κ2) is 5.64. The molecule has 0 radical (unpaired) electrons. The van der Waals surface area contributed by atoms with Crippen molar-refractivity contribution in [3.05, 3.63) is 46.7 Å². The van der Waals surface area contributed by atoms with E-state index in [9.17, 15) is 0 Å². The van der Waals surface area contributed by atoms with Crippen LogP contribution in [0, 0.1) is 0 Å². The van der Waals surface area contributed by atoms with Gasteiger partial charge < -0.3 is 19.2 Å². The number of nitrogens with zero attached hydrogens (tertiary/aromatic N) is 3. The maximum Gasteiger partial charge on any atom is 0.315 e. The molecule has 1 aliphatic rings. The van der Waals surface area contributed by atoms with E-state index in [0.29, 0.717) is 30.8 Å². The molecule has 0 saturated carbocycles. The van der Waals surface area contributed by atoms with Crippen molar-refractivity contribution in [1.29, 1.82) is 0 Å². The number of rotatable bonds is 4. The van der Waals surface area contributed by atoms with Gasteiger partial charge in [0.2, 0.25) is 6.10 Å². The van der Waals surface area contributed by atoms with E-state index in [1.165, 1.54) is 0 Å². The summed E-state index contributed by atoms with van der Waals surface area (Å²) in [6, 6.07) is 7.85. The molecule has 3 heterocycles. The number of fused-ring (bicyclic) bond motifs is 1. The fourth-order valence-corrected chi connectivity index (χ4v) is 2.60. The summed E-state index contributed by atoms with van der Waals surface area (Å²) in [5.74, 6) is 1.79. The molecule has 4 rings (SSSR count). The maximum absolute atomic E-state index is 5.82. The van der Waals surface area contributed by atoms with Crippen LogP contribution in [0.4, 0.5) is 6.01 Å². The molecular formula is C14H12N4O3S. The Morgan fingerprint density at radius 1 is 1.23 bits per heavy atom. The number of nitrogens with one attached hydrogen (secondary N) is 1. The molecule has 1 atom stereocenters. The van der Waals surface area contributed by atoms with Crippen molar-refractivity contribution >= 4 is 17.4 Å². The zero-order valence-corrected chi connectivity index (χ0v) is 12.2. The summed E-state index contributed by atoms with van der Waals surface area (Å²) in [6.45, 7) is 0.935. The summed E-state index contributed by atoms with van der Waals surface area (Å²) in [5.41, 5.74) is 1.78. The fourth-order valence-electron chi connectivity index (χ4n) is 2.07. The van der Waals surface area contributed by atoms with Crippen LogP contribution in [0.15, 0.2) is 40.4 Å². The second-order valence-electron chi connectivity index (χ2n) is 4.63. The Labute approximate surface area is 129 Å². The number of para-hydroxylation sites is 2. The van der Waals surface area contributed by atoms with E-state index in [4.69, 9.17) is 13.9 Å². The van der Waals surface area contributed by atoms with Gasteiger partial charge in [-0.2, -0.15) is 0 Å². The summed E-state index contributed by atoms with van der Waals surface area (Å²) < 4.78 is 17.0. The van der Waals surface area contributed by atoms with E-state index in [0.717, 1.165) is 10.6 Å². The predicted molar refractivity (Wildman–Crippen MR) is 79.0 cm³/mol. The van der Waals surface area contributed by atoms with E-state index >= 15 is 0 Å². The largest absolute Gasteiger partial charge is 0.485 e. The van der Waals surface area contributed by atoms with Gasteiger partial charge >= 0.3 is 6.01 Å². The van der Waals surface area contributed by atoms with Crippen LogP contribution in [0.3, 0.4) is 0 Å². The Bertz CT molecular complexity index is 759. The van der Waals surface area contributed by atoms with Crippen molar-refractivity contribution in [2.75, 3.05) is 11.9 Å². The molecule has 1 aliphatic heterocycles. The number of hydrogen-bond acceptors (Lipinski definition) is 8. The van der Waals surface area contributed by atoms with Gasteiger partial charge in [0.15, 0.2) is 11.5 Å². The first-order valence-corrected chi connectivity index (χ1v) is 7.59. The summed E-state index contributed by atoms with van der Waals surface area (Å²) in [7, 11) is 0. The van der Waals surface area contributed by atoms with Crippen LogP contribution < -0.4 is 14.8 Å². The van der Waals surface area contributed by atoms with Gasteiger partial charge in [-0.1, -0.05) is 17.2 Å². The lowest BCUT2D eigenvalue weighted by molar-refractivity contribution is 0.0717. The van der Waals surface area contributed by atoms with Crippen LogP contribution in [0.25, 0.3) is 0 Å². The molecule has 1 unspecified atom stereocenters. The Kier molecular flexibility index (Phi) is 3.36. The van der Waals surface area contributed by atoms with Crippen molar-refractivity contribution in [3.63, 3.8) is 0 Å². The molecule has 1 aromatic carbocycles. The molecule has 0 spiro atoms.